The van der Waals surface area contributed by atoms with Gasteiger partial charge in [0.1, 0.15) is 22.0 Å². The number of rotatable bonds is 7. The second-order valence-electron chi connectivity index (χ2n) is 8.09. The predicted molar refractivity (Wildman–Crippen MR) is 118 cm³/mol. The Hall–Kier alpha value is -2.59. The fourth-order valence-electron chi connectivity index (χ4n) is 4.08. The smallest absolute Gasteiger partial charge is 0.341 e. The van der Waals surface area contributed by atoms with Gasteiger partial charge in [0.15, 0.2) is 0 Å². The molecule has 1 aliphatic rings. The first-order valence-electron chi connectivity index (χ1n) is 10.7. The van der Waals surface area contributed by atoms with Gasteiger partial charge in [-0.15, -0.1) is 0 Å². The Morgan fingerprint density at radius 3 is 2.56 bits per heavy atom. The molecule has 32 heavy (non-hydrogen) atoms. The van der Waals surface area contributed by atoms with E-state index in [9.17, 15) is 18.0 Å². The number of esters is 1. The van der Waals surface area contributed by atoms with Crippen molar-refractivity contribution in [2.24, 2.45) is 13.0 Å². The molecule has 0 saturated carbocycles. The first kappa shape index (κ1) is 24.1. The number of carbonyl (C=O) groups excluding carboxylic acids is 2. The number of aromatic nitrogens is 1. The van der Waals surface area contributed by atoms with E-state index in [1.54, 1.807) is 38.5 Å². The van der Waals surface area contributed by atoms with Crippen molar-refractivity contribution in [2.45, 2.75) is 52.0 Å². The molecule has 176 valence electrons. The van der Waals surface area contributed by atoms with Crippen LogP contribution in [0.2, 0.25) is 0 Å². The third-order valence-electron chi connectivity index (χ3n) is 5.99. The molecule has 1 atom stereocenters. The third-order valence-corrected chi connectivity index (χ3v) is 8.02. The number of furan rings is 1. The highest BCUT2D eigenvalue weighted by atomic mass is 32.2. The van der Waals surface area contributed by atoms with E-state index in [1.165, 1.54) is 4.31 Å². The molecule has 0 aromatic carbocycles. The Labute approximate surface area is 188 Å². The lowest BCUT2D eigenvalue weighted by molar-refractivity contribution is -0.126. The van der Waals surface area contributed by atoms with Crippen molar-refractivity contribution in [3.63, 3.8) is 0 Å². The largest absolute Gasteiger partial charge is 0.465 e. The molecule has 1 fully saturated rings. The maximum atomic E-state index is 13.6. The number of carbonyl (C=O) groups is 2. The lowest BCUT2D eigenvalue weighted by atomic mass is 9.99. The quantitative estimate of drug-likeness (QED) is 0.629. The topological polar surface area (TPSA) is 111 Å². The fraction of sp³-hybridized carbons (Fsp3) is 0.545. The van der Waals surface area contributed by atoms with Gasteiger partial charge in [-0.2, -0.15) is 4.31 Å². The van der Waals surface area contributed by atoms with Gasteiger partial charge in [0.2, 0.25) is 15.9 Å². The van der Waals surface area contributed by atoms with Crippen LogP contribution in [-0.2, 0) is 33.1 Å². The van der Waals surface area contributed by atoms with Crippen LogP contribution >= 0.6 is 0 Å². The minimum absolute atomic E-state index is 0.0388. The van der Waals surface area contributed by atoms with Crippen LogP contribution in [0.3, 0.4) is 0 Å². The number of nitrogens with zero attached hydrogens (tertiary/aromatic N) is 2. The number of amides is 1. The fourth-order valence-corrected chi connectivity index (χ4v) is 6.08. The van der Waals surface area contributed by atoms with E-state index < -0.39 is 21.9 Å². The number of aryl methyl sites for hydroxylation is 1. The van der Waals surface area contributed by atoms with Crippen LogP contribution in [0.1, 0.15) is 53.0 Å². The molecule has 1 N–H and O–H groups in total. The standard InChI is InChI=1S/C22H31N3O6S/c1-6-30-22(27)19-15(3)24(5)16(4)20(19)32(28,29)25-11-7-8-17(13-25)21(26)23-12-18-10-9-14(2)31-18/h9-10,17H,6-8,11-13H2,1-5H3,(H,23,26)/t17-/m0/s1. The molecule has 0 bridgehead atoms. The van der Waals surface area contributed by atoms with E-state index in [4.69, 9.17) is 9.15 Å². The van der Waals surface area contributed by atoms with E-state index in [0.29, 0.717) is 36.5 Å². The van der Waals surface area contributed by atoms with Crippen molar-refractivity contribution in [1.82, 2.24) is 14.2 Å². The third kappa shape index (κ3) is 4.61. The van der Waals surface area contributed by atoms with Gasteiger partial charge in [0.05, 0.1) is 19.1 Å². The van der Waals surface area contributed by atoms with Gasteiger partial charge in [-0.1, -0.05) is 0 Å². The first-order chi connectivity index (χ1) is 15.1. The Kier molecular flexibility index (Phi) is 7.14. The zero-order valence-corrected chi connectivity index (χ0v) is 20.0. The Morgan fingerprint density at radius 1 is 1.22 bits per heavy atom. The molecule has 2 aromatic rings. The van der Waals surface area contributed by atoms with Crippen LogP contribution in [0.25, 0.3) is 0 Å². The lowest BCUT2D eigenvalue weighted by Gasteiger charge is -2.31. The van der Waals surface area contributed by atoms with Crippen molar-refractivity contribution >= 4 is 21.9 Å². The van der Waals surface area contributed by atoms with Crippen LogP contribution in [-0.4, -0.2) is 48.9 Å². The maximum Gasteiger partial charge on any atom is 0.341 e. The van der Waals surface area contributed by atoms with Crippen LogP contribution in [0.15, 0.2) is 21.4 Å². The summed E-state index contributed by atoms with van der Waals surface area (Å²) >= 11 is 0. The summed E-state index contributed by atoms with van der Waals surface area (Å²) in [6.07, 6.45) is 1.14. The molecule has 2 aromatic heterocycles. The van der Waals surface area contributed by atoms with Crippen molar-refractivity contribution in [1.29, 1.82) is 0 Å². The van der Waals surface area contributed by atoms with Gasteiger partial charge in [-0.25, -0.2) is 13.2 Å². The number of nitrogens with one attached hydrogen (secondary N) is 1. The summed E-state index contributed by atoms with van der Waals surface area (Å²) in [7, 11) is -2.29. The average molecular weight is 466 g/mol. The van der Waals surface area contributed by atoms with E-state index >= 15 is 0 Å². The Bertz CT molecular complexity index is 1120. The minimum atomic E-state index is -4.01. The molecule has 0 aliphatic carbocycles. The second-order valence-corrected chi connectivity index (χ2v) is 9.96. The van der Waals surface area contributed by atoms with Crippen LogP contribution in [0.4, 0.5) is 0 Å². The lowest BCUT2D eigenvalue weighted by Crippen LogP contribution is -2.45. The van der Waals surface area contributed by atoms with Gasteiger partial charge >= 0.3 is 5.97 Å². The summed E-state index contributed by atoms with van der Waals surface area (Å²) in [5, 5.41) is 2.83. The summed E-state index contributed by atoms with van der Waals surface area (Å²) in [6, 6.07) is 3.62. The number of piperidine rings is 1. The van der Waals surface area contributed by atoms with Gasteiger partial charge in [-0.05, 0) is 52.7 Å². The van der Waals surface area contributed by atoms with Gasteiger partial charge in [-0.3, -0.25) is 4.79 Å². The van der Waals surface area contributed by atoms with E-state index in [1.807, 2.05) is 13.0 Å². The average Bonchev–Trinajstić information content (AvgIpc) is 3.28. The minimum Gasteiger partial charge on any atom is -0.465 e. The highest BCUT2D eigenvalue weighted by molar-refractivity contribution is 7.89. The van der Waals surface area contributed by atoms with Crippen molar-refractivity contribution in [3.8, 4) is 0 Å². The summed E-state index contributed by atoms with van der Waals surface area (Å²) in [5.74, 6) is 0.0457. The Morgan fingerprint density at radius 2 is 1.94 bits per heavy atom. The molecular formula is C22H31N3O6S. The van der Waals surface area contributed by atoms with Gasteiger partial charge in [0.25, 0.3) is 0 Å². The van der Waals surface area contributed by atoms with Gasteiger partial charge in [0, 0.05) is 31.5 Å². The molecule has 0 radical (unpaired) electrons. The second kappa shape index (κ2) is 9.50. The molecular weight excluding hydrogens is 434 g/mol. The summed E-state index contributed by atoms with van der Waals surface area (Å²) in [6.45, 7) is 7.61. The van der Waals surface area contributed by atoms with Crippen molar-refractivity contribution in [3.05, 3.63) is 40.6 Å². The number of ether oxygens (including phenoxy) is 1. The van der Waals surface area contributed by atoms with Crippen molar-refractivity contribution in [2.75, 3.05) is 19.7 Å². The molecule has 1 aliphatic heterocycles. The number of hydrogen-bond donors (Lipinski definition) is 1. The molecule has 0 unspecified atom stereocenters. The molecule has 1 amide bonds. The van der Waals surface area contributed by atoms with E-state index in [2.05, 4.69) is 5.32 Å². The molecule has 3 rings (SSSR count). The van der Waals surface area contributed by atoms with Crippen LogP contribution in [0.5, 0.6) is 0 Å². The van der Waals surface area contributed by atoms with Gasteiger partial charge < -0.3 is 19.0 Å². The molecule has 9 nitrogen and oxygen atoms in total. The number of hydrogen-bond acceptors (Lipinski definition) is 6. The Balaban J connectivity index is 1.82. The zero-order chi connectivity index (χ0) is 23.6. The molecule has 3 heterocycles. The summed E-state index contributed by atoms with van der Waals surface area (Å²) < 4.78 is 40.8. The SMILES string of the molecule is CCOC(=O)c1c(S(=O)(=O)N2CCC[C@H](C(=O)NCc3ccc(C)o3)C2)c(C)n(C)c1C. The maximum absolute atomic E-state index is 13.6. The molecule has 1 saturated heterocycles. The highest BCUT2D eigenvalue weighted by Gasteiger charge is 2.39. The van der Waals surface area contributed by atoms with E-state index in [0.717, 1.165) is 5.76 Å². The van der Waals surface area contributed by atoms with Crippen molar-refractivity contribution < 1.29 is 27.2 Å². The van der Waals surface area contributed by atoms with E-state index in [-0.39, 0.29) is 36.1 Å². The van der Waals surface area contributed by atoms with Crippen LogP contribution < -0.4 is 5.32 Å². The summed E-state index contributed by atoms with van der Waals surface area (Å²) in [5.41, 5.74) is 1.05. The first-order valence-corrected chi connectivity index (χ1v) is 12.2. The molecule has 0 spiro atoms. The highest BCUT2D eigenvalue weighted by Crippen LogP contribution is 2.32. The molecule has 10 heteroatoms. The normalized spacial score (nSPS) is 17.3. The number of sulfonamides is 1. The predicted octanol–water partition coefficient (Wildman–Crippen LogP) is 2.44. The zero-order valence-electron chi connectivity index (χ0n) is 19.2. The summed E-state index contributed by atoms with van der Waals surface area (Å²) in [4.78, 5) is 25.3. The monoisotopic (exact) mass is 465 g/mol. The van der Waals surface area contributed by atoms with Crippen LogP contribution in [0, 0.1) is 26.7 Å².